The number of carbonyl (C=O) groups is 4. The van der Waals surface area contributed by atoms with Gasteiger partial charge in [0.05, 0.1) is 32.5 Å². The van der Waals surface area contributed by atoms with E-state index in [1.54, 1.807) is 13.0 Å². The number of hydrogen-bond acceptors (Lipinski definition) is 9. The Labute approximate surface area is 233 Å². The fourth-order valence-electron chi connectivity index (χ4n) is 3.87. The molecule has 39 heavy (non-hydrogen) atoms. The highest BCUT2D eigenvalue weighted by Crippen LogP contribution is 2.33. The quantitative estimate of drug-likeness (QED) is 0.262. The number of benzene rings is 1. The molecule has 0 aliphatic rings. The van der Waals surface area contributed by atoms with Crippen LogP contribution in [0.4, 0.5) is 0 Å². The van der Waals surface area contributed by atoms with Crippen LogP contribution in [-0.2, 0) is 35.1 Å². The van der Waals surface area contributed by atoms with Crippen LogP contribution in [0, 0.1) is 16.7 Å². The maximum absolute atomic E-state index is 12.7. The maximum Gasteiger partial charge on any atom is 0.326 e. The Hall–Kier alpha value is -2.94. The van der Waals surface area contributed by atoms with Crippen LogP contribution < -0.4 is 15.2 Å². The molecule has 0 heterocycles. The van der Waals surface area contributed by atoms with Crippen molar-refractivity contribution in [3.63, 3.8) is 0 Å². The summed E-state index contributed by atoms with van der Waals surface area (Å²) < 4.78 is 21.5. The molecule has 220 valence electrons. The van der Waals surface area contributed by atoms with E-state index < -0.39 is 23.4 Å². The van der Waals surface area contributed by atoms with Gasteiger partial charge in [-0.3, -0.25) is 19.2 Å². The second-order valence-corrected chi connectivity index (χ2v) is 12.6. The lowest BCUT2D eigenvalue weighted by Gasteiger charge is -2.27. The maximum atomic E-state index is 12.7. The van der Waals surface area contributed by atoms with Gasteiger partial charge >= 0.3 is 23.9 Å². The van der Waals surface area contributed by atoms with E-state index in [-0.39, 0.29) is 66.5 Å². The first-order chi connectivity index (χ1) is 17.9. The average molecular weight is 550 g/mol. The van der Waals surface area contributed by atoms with Crippen LogP contribution in [0.1, 0.15) is 93.1 Å². The SMILES string of the molecule is CCCC(C)C(=O)OCC[C@@](N)(Cc1ccc(OC(=O)CC(C)(C)C)c(OC(=O)CC(C)(C)C)c1)C(=O)OC. The normalized spacial score (nSPS) is 14.1. The van der Waals surface area contributed by atoms with E-state index in [1.165, 1.54) is 19.2 Å². The fourth-order valence-corrected chi connectivity index (χ4v) is 3.87. The molecule has 2 N–H and O–H groups in total. The Kier molecular flexibility index (Phi) is 12.6. The molecule has 1 unspecified atom stereocenters. The number of esters is 4. The van der Waals surface area contributed by atoms with E-state index in [4.69, 9.17) is 24.7 Å². The topological polar surface area (TPSA) is 131 Å². The standard InChI is InChI=1S/C30H47NO8/c1-10-11-20(2)26(34)37-15-14-30(31,27(35)36-9)17-21-12-13-22(38-24(32)18-28(3,4)5)23(16-21)39-25(33)19-29(6,7)8/h12-13,16,20H,10-11,14-15,17-19,31H2,1-9H3/t20?,30-/m1/s1. The van der Waals surface area contributed by atoms with Crippen LogP contribution in [-0.4, -0.2) is 43.1 Å². The second kappa shape index (κ2) is 14.4. The van der Waals surface area contributed by atoms with Gasteiger partial charge in [0.25, 0.3) is 0 Å². The van der Waals surface area contributed by atoms with E-state index in [0.717, 1.165) is 6.42 Å². The van der Waals surface area contributed by atoms with Crippen molar-refractivity contribution >= 4 is 23.9 Å². The zero-order chi connectivity index (χ0) is 30.0. The third kappa shape index (κ3) is 12.6. The van der Waals surface area contributed by atoms with Gasteiger partial charge < -0.3 is 24.7 Å². The Morgan fingerprint density at radius 2 is 1.44 bits per heavy atom. The number of methoxy groups -OCH3 is 1. The van der Waals surface area contributed by atoms with Crippen molar-refractivity contribution in [1.82, 2.24) is 0 Å². The third-order valence-corrected chi connectivity index (χ3v) is 5.83. The van der Waals surface area contributed by atoms with Crippen LogP contribution in [0.3, 0.4) is 0 Å². The number of rotatable bonds is 13. The van der Waals surface area contributed by atoms with Crippen molar-refractivity contribution in [3.05, 3.63) is 23.8 Å². The first kappa shape index (κ1) is 34.1. The first-order valence-electron chi connectivity index (χ1n) is 13.5. The number of carbonyl (C=O) groups excluding carboxylic acids is 4. The Balaban J connectivity index is 3.22. The van der Waals surface area contributed by atoms with Gasteiger partial charge in [0.2, 0.25) is 0 Å². The summed E-state index contributed by atoms with van der Waals surface area (Å²) in [7, 11) is 1.23. The number of hydrogen-bond donors (Lipinski definition) is 1. The average Bonchev–Trinajstić information content (AvgIpc) is 2.77. The largest absolute Gasteiger partial charge is 0.468 e. The summed E-state index contributed by atoms with van der Waals surface area (Å²) in [6.45, 7) is 15.2. The van der Waals surface area contributed by atoms with Gasteiger partial charge in [0.1, 0.15) is 5.54 Å². The summed E-state index contributed by atoms with van der Waals surface area (Å²) in [5, 5.41) is 0. The summed E-state index contributed by atoms with van der Waals surface area (Å²) in [5.74, 6) is -2.09. The predicted octanol–water partition coefficient (Wildman–Crippen LogP) is 5.15. The Morgan fingerprint density at radius 3 is 1.92 bits per heavy atom. The molecule has 0 aliphatic heterocycles. The minimum Gasteiger partial charge on any atom is -0.468 e. The molecule has 0 aliphatic carbocycles. The zero-order valence-corrected chi connectivity index (χ0v) is 25.1. The lowest BCUT2D eigenvalue weighted by Crippen LogP contribution is -2.51. The van der Waals surface area contributed by atoms with Gasteiger partial charge in [-0.1, -0.05) is 67.9 Å². The minimum absolute atomic E-state index is 0.00176. The molecule has 0 saturated carbocycles. The Morgan fingerprint density at radius 1 is 0.897 bits per heavy atom. The molecule has 1 aromatic carbocycles. The molecule has 2 atom stereocenters. The van der Waals surface area contributed by atoms with Crippen molar-refractivity contribution in [2.24, 2.45) is 22.5 Å². The monoisotopic (exact) mass is 549 g/mol. The summed E-state index contributed by atoms with van der Waals surface area (Å²) in [5.41, 5.74) is 4.89. The van der Waals surface area contributed by atoms with Gasteiger partial charge in [-0.05, 0) is 34.9 Å². The van der Waals surface area contributed by atoms with Crippen molar-refractivity contribution in [1.29, 1.82) is 0 Å². The van der Waals surface area contributed by atoms with Crippen LogP contribution in [0.25, 0.3) is 0 Å². The van der Waals surface area contributed by atoms with E-state index in [1.807, 2.05) is 48.5 Å². The molecule has 1 rings (SSSR count). The van der Waals surface area contributed by atoms with Gasteiger partial charge in [-0.15, -0.1) is 0 Å². The molecule has 9 heteroatoms. The number of nitrogens with two attached hydrogens (primary N) is 1. The summed E-state index contributed by atoms with van der Waals surface area (Å²) in [4.78, 5) is 50.0. The van der Waals surface area contributed by atoms with Crippen LogP contribution in [0.15, 0.2) is 18.2 Å². The van der Waals surface area contributed by atoms with Gasteiger partial charge in [0.15, 0.2) is 11.5 Å². The third-order valence-electron chi connectivity index (χ3n) is 5.83. The van der Waals surface area contributed by atoms with Crippen molar-refractivity contribution in [2.45, 2.75) is 99.5 Å². The molecule has 0 aromatic heterocycles. The van der Waals surface area contributed by atoms with E-state index in [9.17, 15) is 19.2 Å². The van der Waals surface area contributed by atoms with Crippen LogP contribution in [0.2, 0.25) is 0 Å². The highest BCUT2D eigenvalue weighted by atomic mass is 16.6. The van der Waals surface area contributed by atoms with E-state index in [0.29, 0.717) is 12.0 Å². The van der Waals surface area contributed by atoms with Crippen LogP contribution in [0.5, 0.6) is 11.5 Å². The first-order valence-corrected chi connectivity index (χ1v) is 13.5. The fraction of sp³-hybridized carbons (Fsp3) is 0.667. The molecular formula is C30H47NO8. The highest BCUT2D eigenvalue weighted by Gasteiger charge is 2.36. The van der Waals surface area contributed by atoms with Gasteiger partial charge in [0, 0.05) is 12.8 Å². The lowest BCUT2D eigenvalue weighted by atomic mass is 9.88. The molecule has 0 saturated heterocycles. The van der Waals surface area contributed by atoms with Crippen molar-refractivity contribution in [2.75, 3.05) is 13.7 Å². The summed E-state index contributed by atoms with van der Waals surface area (Å²) in [6.07, 6.45) is 1.87. The Bertz CT molecular complexity index is 1010. The molecular weight excluding hydrogens is 502 g/mol. The summed E-state index contributed by atoms with van der Waals surface area (Å²) in [6, 6.07) is 4.68. The number of ether oxygens (including phenoxy) is 4. The highest BCUT2D eigenvalue weighted by molar-refractivity contribution is 5.81. The van der Waals surface area contributed by atoms with Gasteiger partial charge in [-0.2, -0.15) is 0 Å². The second-order valence-electron chi connectivity index (χ2n) is 12.6. The molecule has 0 radical (unpaired) electrons. The molecule has 0 spiro atoms. The smallest absolute Gasteiger partial charge is 0.326 e. The molecule has 9 nitrogen and oxygen atoms in total. The lowest BCUT2D eigenvalue weighted by molar-refractivity contribution is -0.153. The summed E-state index contributed by atoms with van der Waals surface area (Å²) >= 11 is 0. The van der Waals surface area contributed by atoms with Gasteiger partial charge in [-0.25, -0.2) is 0 Å². The molecule has 0 bridgehead atoms. The molecule has 0 amide bonds. The van der Waals surface area contributed by atoms with Crippen molar-refractivity contribution < 1.29 is 38.1 Å². The molecule has 1 aromatic rings. The predicted molar refractivity (Wildman–Crippen MR) is 148 cm³/mol. The van der Waals surface area contributed by atoms with Crippen molar-refractivity contribution in [3.8, 4) is 11.5 Å². The van der Waals surface area contributed by atoms with E-state index >= 15 is 0 Å². The zero-order valence-electron chi connectivity index (χ0n) is 25.1. The van der Waals surface area contributed by atoms with E-state index in [2.05, 4.69) is 0 Å². The minimum atomic E-state index is -1.51. The van der Waals surface area contributed by atoms with Crippen LogP contribution >= 0.6 is 0 Å². The molecule has 0 fully saturated rings.